The number of hydrogen-bond acceptors (Lipinski definition) is 2. The summed E-state index contributed by atoms with van der Waals surface area (Å²) in [7, 11) is 0. The molecule has 2 rings (SSSR count). The fourth-order valence-electron chi connectivity index (χ4n) is 3.08. The number of hydrogen-bond donors (Lipinski definition) is 0. The molecule has 2 heterocycles. The first-order valence-corrected chi connectivity index (χ1v) is 7.09. The minimum Gasteiger partial charge on any atom is -0.381 e. The monoisotopic (exact) mass is 239 g/mol. The molecule has 0 saturated carbocycles. The molecule has 2 aliphatic rings. The minimum absolute atomic E-state index is 0.422. The van der Waals surface area contributed by atoms with E-state index in [-0.39, 0.29) is 0 Å². The second kappa shape index (κ2) is 4.55. The standard InChI is InChI=1S/C15H29NO/c1-14(2,3)12-6-7-16(8-12)11-15(4,5)13-9-17-10-13/h12-13H,6-11H2,1-5H3. The van der Waals surface area contributed by atoms with E-state index in [4.69, 9.17) is 4.74 Å². The molecular weight excluding hydrogens is 210 g/mol. The molecule has 2 aliphatic heterocycles. The van der Waals surface area contributed by atoms with Crippen molar-refractivity contribution in [2.24, 2.45) is 22.7 Å². The quantitative estimate of drug-likeness (QED) is 0.750. The van der Waals surface area contributed by atoms with Crippen LogP contribution in [0.4, 0.5) is 0 Å². The highest BCUT2D eigenvalue weighted by atomic mass is 16.5. The van der Waals surface area contributed by atoms with Crippen LogP contribution < -0.4 is 0 Å². The van der Waals surface area contributed by atoms with Gasteiger partial charge in [-0.25, -0.2) is 0 Å². The zero-order valence-electron chi connectivity index (χ0n) is 12.3. The summed E-state index contributed by atoms with van der Waals surface area (Å²) in [6, 6.07) is 0. The Morgan fingerprint density at radius 2 is 1.71 bits per heavy atom. The van der Waals surface area contributed by atoms with E-state index in [0.29, 0.717) is 10.8 Å². The molecule has 0 aromatic rings. The number of nitrogens with zero attached hydrogens (tertiary/aromatic N) is 1. The highest BCUT2D eigenvalue weighted by Crippen LogP contribution is 2.38. The lowest BCUT2D eigenvalue weighted by atomic mass is 9.77. The second-order valence-corrected chi connectivity index (χ2v) is 7.81. The van der Waals surface area contributed by atoms with Gasteiger partial charge in [-0.3, -0.25) is 0 Å². The molecule has 2 fully saturated rings. The molecule has 0 aromatic heterocycles. The summed E-state index contributed by atoms with van der Waals surface area (Å²) in [5.74, 6) is 1.65. The van der Waals surface area contributed by atoms with Crippen LogP contribution in [0.2, 0.25) is 0 Å². The highest BCUT2D eigenvalue weighted by Gasteiger charge is 2.39. The molecule has 0 spiro atoms. The van der Waals surface area contributed by atoms with Gasteiger partial charge < -0.3 is 9.64 Å². The van der Waals surface area contributed by atoms with Crippen LogP contribution in [0.3, 0.4) is 0 Å². The summed E-state index contributed by atoms with van der Waals surface area (Å²) in [5.41, 5.74) is 0.892. The minimum atomic E-state index is 0.422. The molecule has 0 bridgehead atoms. The first-order valence-electron chi connectivity index (χ1n) is 7.09. The third kappa shape index (κ3) is 3.03. The molecule has 2 saturated heterocycles. The van der Waals surface area contributed by atoms with Gasteiger partial charge in [0.15, 0.2) is 0 Å². The summed E-state index contributed by atoms with van der Waals surface area (Å²) >= 11 is 0. The van der Waals surface area contributed by atoms with Crippen LogP contribution in [-0.2, 0) is 4.74 Å². The average molecular weight is 239 g/mol. The van der Waals surface area contributed by atoms with E-state index in [1.807, 2.05) is 0 Å². The molecular formula is C15H29NO. The van der Waals surface area contributed by atoms with E-state index in [9.17, 15) is 0 Å². The molecule has 17 heavy (non-hydrogen) atoms. The van der Waals surface area contributed by atoms with Crippen molar-refractivity contribution < 1.29 is 4.74 Å². The highest BCUT2D eigenvalue weighted by molar-refractivity contribution is 4.90. The van der Waals surface area contributed by atoms with Crippen LogP contribution in [-0.4, -0.2) is 37.7 Å². The van der Waals surface area contributed by atoms with Gasteiger partial charge in [0.1, 0.15) is 0 Å². The normalized spacial score (nSPS) is 28.4. The molecule has 1 atom stereocenters. The van der Waals surface area contributed by atoms with Gasteiger partial charge >= 0.3 is 0 Å². The van der Waals surface area contributed by atoms with E-state index in [2.05, 4.69) is 39.5 Å². The van der Waals surface area contributed by atoms with Crippen LogP contribution in [0.25, 0.3) is 0 Å². The molecule has 0 amide bonds. The fourth-order valence-corrected chi connectivity index (χ4v) is 3.08. The van der Waals surface area contributed by atoms with Gasteiger partial charge in [0.25, 0.3) is 0 Å². The largest absolute Gasteiger partial charge is 0.381 e. The third-order valence-corrected chi connectivity index (χ3v) is 4.87. The Morgan fingerprint density at radius 1 is 1.06 bits per heavy atom. The zero-order valence-corrected chi connectivity index (χ0v) is 12.3. The fraction of sp³-hybridized carbons (Fsp3) is 1.00. The summed E-state index contributed by atoms with van der Waals surface area (Å²) in [4.78, 5) is 2.67. The molecule has 1 unspecified atom stereocenters. The molecule has 2 heteroatoms. The maximum atomic E-state index is 5.34. The molecule has 2 nitrogen and oxygen atoms in total. The summed E-state index contributed by atoms with van der Waals surface area (Å²) in [6.07, 6.45) is 1.38. The van der Waals surface area contributed by atoms with E-state index in [0.717, 1.165) is 25.0 Å². The summed E-state index contributed by atoms with van der Waals surface area (Å²) in [5, 5.41) is 0. The van der Waals surface area contributed by atoms with Crippen LogP contribution in [0.1, 0.15) is 41.0 Å². The Hall–Kier alpha value is -0.0800. The van der Waals surface area contributed by atoms with E-state index >= 15 is 0 Å². The van der Waals surface area contributed by atoms with Gasteiger partial charge in [0.05, 0.1) is 13.2 Å². The van der Waals surface area contributed by atoms with Gasteiger partial charge in [-0.15, -0.1) is 0 Å². The molecule has 0 N–H and O–H groups in total. The molecule has 100 valence electrons. The predicted molar refractivity (Wildman–Crippen MR) is 72.1 cm³/mol. The Bertz CT molecular complexity index is 263. The lowest BCUT2D eigenvalue weighted by Gasteiger charge is -2.42. The lowest BCUT2D eigenvalue weighted by molar-refractivity contribution is -0.0948. The van der Waals surface area contributed by atoms with Crippen molar-refractivity contribution in [2.75, 3.05) is 32.8 Å². The second-order valence-electron chi connectivity index (χ2n) is 7.81. The predicted octanol–water partition coefficient (Wildman–Crippen LogP) is 3.03. The van der Waals surface area contributed by atoms with Gasteiger partial charge in [-0.2, -0.15) is 0 Å². The first kappa shape index (κ1) is 13.4. The SMILES string of the molecule is CC(C)(C)C1CCN(CC(C)(C)C2COC2)C1. The summed E-state index contributed by atoms with van der Waals surface area (Å²) in [6.45, 7) is 17.7. The van der Waals surface area contributed by atoms with Gasteiger partial charge in [0.2, 0.25) is 0 Å². The van der Waals surface area contributed by atoms with Crippen LogP contribution in [0.5, 0.6) is 0 Å². The Balaban J connectivity index is 1.85. The number of ether oxygens (including phenoxy) is 1. The Morgan fingerprint density at radius 3 is 2.12 bits per heavy atom. The van der Waals surface area contributed by atoms with Crippen molar-refractivity contribution in [1.29, 1.82) is 0 Å². The first-order chi connectivity index (χ1) is 7.79. The van der Waals surface area contributed by atoms with E-state index in [1.165, 1.54) is 26.1 Å². The lowest BCUT2D eigenvalue weighted by Crippen LogP contribution is -2.46. The van der Waals surface area contributed by atoms with Crippen molar-refractivity contribution in [3.8, 4) is 0 Å². The topological polar surface area (TPSA) is 12.5 Å². The molecule has 0 aromatic carbocycles. The van der Waals surface area contributed by atoms with Crippen molar-refractivity contribution in [3.05, 3.63) is 0 Å². The number of likely N-dealkylation sites (tertiary alicyclic amines) is 1. The maximum Gasteiger partial charge on any atom is 0.0522 e. The Kier molecular flexibility index (Phi) is 3.57. The third-order valence-electron chi connectivity index (χ3n) is 4.87. The average Bonchev–Trinajstić information content (AvgIpc) is 2.45. The number of rotatable bonds is 3. The van der Waals surface area contributed by atoms with Gasteiger partial charge in [-0.05, 0) is 29.7 Å². The van der Waals surface area contributed by atoms with Crippen molar-refractivity contribution in [2.45, 2.75) is 41.0 Å². The van der Waals surface area contributed by atoms with Crippen molar-refractivity contribution in [3.63, 3.8) is 0 Å². The van der Waals surface area contributed by atoms with E-state index in [1.54, 1.807) is 0 Å². The van der Waals surface area contributed by atoms with Crippen molar-refractivity contribution in [1.82, 2.24) is 4.90 Å². The van der Waals surface area contributed by atoms with Gasteiger partial charge in [0, 0.05) is 19.0 Å². The molecule has 0 aliphatic carbocycles. The summed E-state index contributed by atoms with van der Waals surface area (Å²) < 4.78 is 5.34. The Labute approximate surface area is 107 Å². The van der Waals surface area contributed by atoms with E-state index < -0.39 is 0 Å². The maximum absolute atomic E-state index is 5.34. The zero-order chi connectivity index (χ0) is 12.7. The van der Waals surface area contributed by atoms with Crippen LogP contribution >= 0.6 is 0 Å². The van der Waals surface area contributed by atoms with Crippen LogP contribution in [0, 0.1) is 22.7 Å². The van der Waals surface area contributed by atoms with Gasteiger partial charge in [-0.1, -0.05) is 34.6 Å². The smallest absolute Gasteiger partial charge is 0.0522 e. The van der Waals surface area contributed by atoms with Crippen molar-refractivity contribution >= 4 is 0 Å². The van der Waals surface area contributed by atoms with Crippen LogP contribution in [0.15, 0.2) is 0 Å². The molecule has 0 radical (unpaired) electrons.